The lowest BCUT2D eigenvalue weighted by atomic mass is 10.0. The van der Waals surface area contributed by atoms with E-state index < -0.39 is 0 Å². The molecular formula is C13H14BrClN2O2. The molecule has 1 aliphatic rings. The summed E-state index contributed by atoms with van der Waals surface area (Å²) in [4.78, 5) is 24.5. The van der Waals surface area contributed by atoms with Gasteiger partial charge in [-0.1, -0.05) is 27.5 Å². The van der Waals surface area contributed by atoms with E-state index in [9.17, 15) is 9.59 Å². The minimum Gasteiger partial charge on any atom is -0.302 e. The van der Waals surface area contributed by atoms with Crippen molar-refractivity contribution in [2.24, 2.45) is 0 Å². The molecule has 1 fully saturated rings. The van der Waals surface area contributed by atoms with E-state index in [1.165, 1.54) is 11.9 Å². The Labute approximate surface area is 125 Å². The Hall–Kier alpha value is -0.910. The number of hydrogen-bond donors (Lipinski definition) is 1. The fraction of sp³-hybridized carbons (Fsp3) is 0.385. The van der Waals surface area contributed by atoms with Crippen LogP contribution in [0.1, 0.15) is 18.4 Å². The molecule has 1 saturated heterocycles. The molecule has 1 heterocycles. The van der Waals surface area contributed by atoms with Crippen molar-refractivity contribution in [2.75, 3.05) is 7.05 Å². The quantitative estimate of drug-likeness (QED) is 0.856. The van der Waals surface area contributed by atoms with Gasteiger partial charge >= 0.3 is 0 Å². The van der Waals surface area contributed by atoms with E-state index in [1.54, 1.807) is 6.07 Å². The molecule has 0 radical (unpaired) electrons. The zero-order valence-corrected chi connectivity index (χ0v) is 12.8. The van der Waals surface area contributed by atoms with Crippen LogP contribution >= 0.6 is 27.5 Å². The van der Waals surface area contributed by atoms with Gasteiger partial charge < -0.3 is 5.32 Å². The highest BCUT2D eigenvalue weighted by Crippen LogP contribution is 2.21. The first-order chi connectivity index (χ1) is 8.99. The lowest BCUT2D eigenvalue weighted by molar-refractivity contribution is -0.148. The third-order valence-electron chi connectivity index (χ3n) is 3.20. The second-order valence-corrected chi connectivity index (χ2v) is 5.79. The topological polar surface area (TPSA) is 49.4 Å². The highest BCUT2D eigenvalue weighted by molar-refractivity contribution is 9.10. The second kappa shape index (κ2) is 6.03. The predicted octanol–water partition coefficient (Wildman–Crippen LogP) is 2.34. The fourth-order valence-corrected chi connectivity index (χ4v) is 2.60. The number of piperidine rings is 1. The maximum absolute atomic E-state index is 11.9. The number of imide groups is 1. The Bertz CT molecular complexity index is 521. The molecule has 0 aromatic heterocycles. The fourth-order valence-electron chi connectivity index (χ4n) is 2.02. The van der Waals surface area contributed by atoms with Gasteiger partial charge in [-0.25, -0.2) is 0 Å². The monoisotopic (exact) mass is 344 g/mol. The van der Waals surface area contributed by atoms with E-state index in [-0.39, 0.29) is 17.9 Å². The van der Waals surface area contributed by atoms with Gasteiger partial charge in [0.25, 0.3) is 0 Å². The van der Waals surface area contributed by atoms with Crippen molar-refractivity contribution < 1.29 is 9.59 Å². The number of nitrogens with zero attached hydrogens (tertiary/aromatic N) is 1. The van der Waals surface area contributed by atoms with Crippen LogP contribution in [0.25, 0.3) is 0 Å². The van der Waals surface area contributed by atoms with E-state index in [1.807, 2.05) is 12.1 Å². The maximum Gasteiger partial charge on any atom is 0.246 e. The maximum atomic E-state index is 11.9. The third-order valence-corrected chi connectivity index (χ3v) is 4.21. The summed E-state index contributed by atoms with van der Waals surface area (Å²) in [7, 11) is 1.52. The zero-order chi connectivity index (χ0) is 14.0. The van der Waals surface area contributed by atoms with Crippen molar-refractivity contribution in [1.82, 2.24) is 10.2 Å². The highest BCUT2D eigenvalue weighted by Gasteiger charge is 2.31. The van der Waals surface area contributed by atoms with Crippen LogP contribution in [0.3, 0.4) is 0 Å². The number of hydrogen-bond acceptors (Lipinski definition) is 3. The summed E-state index contributed by atoms with van der Waals surface area (Å²) in [5.74, 6) is -0.290. The van der Waals surface area contributed by atoms with E-state index in [0.29, 0.717) is 24.4 Å². The van der Waals surface area contributed by atoms with Crippen molar-refractivity contribution in [2.45, 2.75) is 25.4 Å². The normalized spacial score (nSPS) is 19.9. The Balaban J connectivity index is 2.01. The summed E-state index contributed by atoms with van der Waals surface area (Å²) >= 11 is 9.38. The van der Waals surface area contributed by atoms with Gasteiger partial charge in [0, 0.05) is 29.5 Å². The molecule has 4 nitrogen and oxygen atoms in total. The highest BCUT2D eigenvalue weighted by atomic mass is 79.9. The summed E-state index contributed by atoms with van der Waals surface area (Å²) < 4.78 is 0.942. The van der Waals surface area contributed by atoms with Crippen LogP contribution < -0.4 is 5.32 Å². The minimum atomic E-state index is -0.311. The molecule has 2 rings (SSSR count). The van der Waals surface area contributed by atoms with Crippen LogP contribution in [0.2, 0.25) is 5.02 Å². The number of rotatable bonds is 3. The first-order valence-electron chi connectivity index (χ1n) is 5.96. The van der Waals surface area contributed by atoms with Crippen LogP contribution in [0.5, 0.6) is 0 Å². The Morgan fingerprint density at radius 3 is 2.95 bits per heavy atom. The summed E-state index contributed by atoms with van der Waals surface area (Å²) in [6.45, 7) is 0.527. The summed E-state index contributed by atoms with van der Waals surface area (Å²) in [6, 6.07) is 5.21. The number of nitrogens with one attached hydrogen (secondary N) is 1. The first kappa shape index (κ1) is 14.5. The van der Waals surface area contributed by atoms with Gasteiger partial charge in [0.05, 0.1) is 6.04 Å². The summed E-state index contributed by atoms with van der Waals surface area (Å²) in [6.07, 6.45) is 0.941. The average molecular weight is 346 g/mol. The van der Waals surface area contributed by atoms with Crippen molar-refractivity contribution in [3.05, 3.63) is 33.3 Å². The molecule has 102 valence electrons. The van der Waals surface area contributed by atoms with E-state index in [4.69, 9.17) is 11.6 Å². The van der Waals surface area contributed by atoms with Crippen molar-refractivity contribution in [3.8, 4) is 0 Å². The smallest absolute Gasteiger partial charge is 0.246 e. The molecule has 2 amide bonds. The van der Waals surface area contributed by atoms with Crippen LogP contribution in [0.4, 0.5) is 0 Å². The number of halogens is 2. The number of carbonyl (C=O) groups is 2. The van der Waals surface area contributed by atoms with E-state index >= 15 is 0 Å². The largest absolute Gasteiger partial charge is 0.302 e. The zero-order valence-electron chi connectivity index (χ0n) is 10.5. The third kappa shape index (κ3) is 3.35. The molecule has 19 heavy (non-hydrogen) atoms. The van der Waals surface area contributed by atoms with Crippen molar-refractivity contribution in [1.29, 1.82) is 0 Å². The molecule has 6 heteroatoms. The number of likely N-dealkylation sites (tertiary alicyclic amines) is 1. The molecule has 1 aromatic carbocycles. The predicted molar refractivity (Wildman–Crippen MR) is 76.8 cm³/mol. The van der Waals surface area contributed by atoms with Gasteiger partial charge in [0.15, 0.2) is 0 Å². The lowest BCUT2D eigenvalue weighted by Gasteiger charge is -2.28. The van der Waals surface area contributed by atoms with Gasteiger partial charge in [-0.15, -0.1) is 0 Å². The molecule has 1 N–H and O–H groups in total. The van der Waals surface area contributed by atoms with Crippen LogP contribution in [0.15, 0.2) is 22.7 Å². The first-order valence-corrected chi connectivity index (χ1v) is 7.14. The van der Waals surface area contributed by atoms with E-state index in [2.05, 4.69) is 21.2 Å². The Morgan fingerprint density at radius 1 is 1.47 bits per heavy atom. The second-order valence-electron chi connectivity index (χ2n) is 4.50. The van der Waals surface area contributed by atoms with Crippen LogP contribution in [-0.4, -0.2) is 29.8 Å². The molecule has 0 spiro atoms. The van der Waals surface area contributed by atoms with Gasteiger partial charge in [-0.05, 0) is 30.2 Å². The molecule has 1 aromatic rings. The minimum absolute atomic E-state index is 0.119. The number of carbonyl (C=O) groups excluding carboxylic acids is 2. The molecule has 1 aliphatic heterocycles. The summed E-state index contributed by atoms with van der Waals surface area (Å²) in [5.41, 5.74) is 0.986. The van der Waals surface area contributed by atoms with Gasteiger partial charge in [-0.3, -0.25) is 14.5 Å². The molecule has 1 unspecified atom stereocenters. The number of amides is 2. The molecule has 1 atom stereocenters. The van der Waals surface area contributed by atoms with Gasteiger partial charge in [0.2, 0.25) is 11.8 Å². The number of benzene rings is 1. The average Bonchev–Trinajstić information content (AvgIpc) is 2.39. The Morgan fingerprint density at radius 2 is 2.21 bits per heavy atom. The molecule has 0 saturated carbocycles. The SMILES string of the molecule is CN1C(=O)CCC(NCc2cc(Cl)ccc2Br)C1=O. The Kier molecular flexibility index (Phi) is 4.60. The van der Waals surface area contributed by atoms with E-state index in [0.717, 1.165) is 10.0 Å². The lowest BCUT2D eigenvalue weighted by Crippen LogP contribution is -2.51. The van der Waals surface area contributed by atoms with Gasteiger partial charge in [0.1, 0.15) is 0 Å². The van der Waals surface area contributed by atoms with Crippen molar-refractivity contribution in [3.63, 3.8) is 0 Å². The molecular weight excluding hydrogens is 332 g/mol. The number of likely N-dealkylation sites (N-methyl/N-ethyl adjacent to an activating group) is 1. The standard InChI is InChI=1S/C13H14BrClN2O2/c1-17-12(18)5-4-11(13(17)19)16-7-8-6-9(15)2-3-10(8)14/h2-3,6,11,16H,4-5,7H2,1H3. The molecule has 0 aliphatic carbocycles. The molecule has 0 bridgehead atoms. The van der Waals surface area contributed by atoms with Crippen LogP contribution in [-0.2, 0) is 16.1 Å². The van der Waals surface area contributed by atoms with Crippen LogP contribution in [0, 0.1) is 0 Å². The summed E-state index contributed by atoms with van der Waals surface area (Å²) in [5, 5.41) is 3.83. The van der Waals surface area contributed by atoms with Gasteiger partial charge in [-0.2, -0.15) is 0 Å². The van der Waals surface area contributed by atoms with Crippen molar-refractivity contribution >= 4 is 39.3 Å².